The van der Waals surface area contributed by atoms with Crippen LogP contribution in [0, 0.1) is 5.82 Å². The van der Waals surface area contributed by atoms with Gasteiger partial charge < -0.3 is 11.1 Å². The van der Waals surface area contributed by atoms with E-state index < -0.39 is 0 Å². The number of carbonyl (C=O) groups is 1. The average Bonchev–Trinajstić information content (AvgIpc) is 2.27. The molecule has 1 rings (SSSR count). The molecule has 0 fully saturated rings. The molecule has 0 saturated heterocycles. The third-order valence-electron chi connectivity index (χ3n) is 2.49. The Morgan fingerprint density at radius 2 is 2.29 bits per heavy atom. The maximum absolute atomic E-state index is 13.0. The van der Waals surface area contributed by atoms with Crippen LogP contribution in [0.25, 0.3) is 0 Å². The van der Waals surface area contributed by atoms with Crippen molar-refractivity contribution in [3.63, 3.8) is 0 Å². The summed E-state index contributed by atoms with van der Waals surface area (Å²) in [5, 5.41) is 3.25. The molecule has 1 amide bonds. The summed E-state index contributed by atoms with van der Waals surface area (Å²) in [4.78, 5) is 10.5. The van der Waals surface area contributed by atoms with E-state index in [9.17, 15) is 9.18 Å². The first-order valence-corrected chi connectivity index (χ1v) is 6.26. The molecular weight excluding hydrogens is 287 g/mol. The van der Waals surface area contributed by atoms with E-state index in [4.69, 9.17) is 5.73 Å². The first-order chi connectivity index (χ1) is 8.00. The number of nitrogens with one attached hydrogen (secondary N) is 1. The van der Waals surface area contributed by atoms with Crippen molar-refractivity contribution in [3.8, 4) is 0 Å². The molecule has 0 aromatic heterocycles. The Morgan fingerprint density at radius 3 is 2.88 bits per heavy atom. The maximum Gasteiger partial charge on any atom is 0.217 e. The van der Waals surface area contributed by atoms with Crippen molar-refractivity contribution in [2.45, 2.75) is 25.8 Å². The topological polar surface area (TPSA) is 55.1 Å². The van der Waals surface area contributed by atoms with Crippen LogP contribution in [0.4, 0.5) is 4.39 Å². The summed E-state index contributed by atoms with van der Waals surface area (Å²) in [6, 6.07) is 5.04. The van der Waals surface area contributed by atoms with E-state index in [2.05, 4.69) is 21.2 Å². The Kier molecular flexibility index (Phi) is 5.58. The van der Waals surface area contributed by atoms with Gasteiger partial charge in [-0.25, -0.2) is 4.39 Å². The molecule has 3 nitrogen and oxygen atoms in total. The number of hydrogen-bond donors (Lipinski definition) is 2. The molecule has 1 atom stereocenters. The second-order valence-electron chi connectivity index (χ2n) is 3.92. The summed E-state index contributed by atoms with van der Waals surface area (Å²) < 4.78 is 13.5. The predicted octanol–water partition coefficient (Wildman–Crippen LogP) is 2.50. The molecule has 0 radical (unpaired) electrons. The van der Waals surface area contributed by atoms with Crippen molar-refractivity contribution in [3.05, 3.63) is 34.1 Å². The van der Waals surface area contributed by atoms with Crippen molar-refractivity contribution in [1.82, 2.24) is 5.32 Å². The molecule has 0 spiro atoms. The Bertz CT molecular complexity index is 398. The van der Waals surface area contributed by atoms with E-state index in [1.807, 2.05) is 6.92 Å². The van der Waals surface area contributed by atoms with Crippen LogP contribution in [0.2, 0.25) is 0 Å². The van der Waals surface area contributed by atoms with E-state index >= 15 is 0 Å². The van der Waals surface area contributed by atoms with Gasteiger partial charge in [0, 0.05) is 12.5 Å². The zero-order chi connectivity index (χ0) is 12.8. The minimum absolute atomic E-state index is 0.111. The minimum Gasteiger partial charge on any atom is -0.370 e. The van der Waals surface area contributed by atoms with Gasteiger partial charge in [-0.05, 0) is 53.5 Å². The largest absolute Gasteiger partial charge is 0.370 e. The molecule has 0 aliphatic carbocycles. The van der Waals surface area contributed by atoms with Crippen LogP contribution in [0.3, 0.4) is 0 Å². The molecule has 94 valence electrons. The van der Waals surface area contributed by atoms with Crippen LogP contribution in [-0.4, -0.2) is 12.5 Å². The fourth-order valence-electron chi connectivity index (χ4n) is 1.48. The van der Waals surface area contributed by atoms with E-state index in [0.29, 0.717) is 23.9 Å². The first kappa shape index (κ1) is 14.1. The molecule has 1 aromatic carbocycles. The van der Waals surface area contributed by atoms with Gasteiger partial charge in [0.1, 0.15) is 5.82 Å². The third-order valence-corrected chi connectivity index (χ3v) is 3.10. The van der Waals surface area contributed by atoms with Crippen molar-refractivity contribution in [2.75, 3.05) is 6.54 Å². The molecule has 3 N–H and O–H groups in total. The predicted molar refractivity (Wildman–Crippen MR) is 68.9 cm³/mol. The highest BCUT2D eigenvalue weighted by Crippen LogP contribution is 2.21. The number of hydrogen-bond acceptors (Lipinski definition) is 2. The molecule has 17 heavy (non-hydrogen) atoms. The molecular formula is C12H16BrFN2O. The van der Waals surface area contributed by atoms with Crippen LogP contribution in [0.5, 0.6) is 0 Å². The number of amides is 1. The van der Waals surface area contributed by atoms with Crippen molar-refractivity contribution < 1.29 is 9.18 Å². The highest BCUT2D eigenvalue weighted by Gasteiger charge is 2.07. The fourth-order valence-corrected chi connectivity index (χ4v) is 1.88. The van der Waals surface area contributed by atoms with Crippen LogP contribution >= 0.6 is 15.9 Å². The number of carbonyl (C=O) groups excluding carboxylic acids is 1. The lowest BCUT2D eigenvalue weighted by atomic mass is 10.1. The molecule has 0 aliphatic rings. The zero-order valence-corrected chi connectivity index (χ0v) is 11.3. The van der Waals surface area contributed by atoms with Gasteiger partial charge in [0.25, 0.3) is 0 Å². The second-order valence-corrected chi connectivity index (χ2v) is 4.77. The average molecular weight is 303 g/mol. The monoisotopic (exact) mass is 302 g/mol. The van der Waals surface area contributed by atoms with Gasteiger partial charge in [-0.1, -0.05) is 6.07 Å². The quantitative estimate of drug-likeness (QED) is 0.793. The number of primary amides is 1. The van der Waals surface area contributed by atoms with E-state index in [0.717, 1.165) is 5.56 Å². The Morgan fingerprint density at radius 1 is 1.59 bits per heavy atom. The normalized spacial score (nSPS) is 12.4. The molecule has 1 aromatic rings. The zero-order valence-electron chi connectivity index (χ0n) is 9.67. The van der Waals surface area contributed by atoms with E-state index in [1.54, 1.807) is 12.1 Å². The highest BCUT2D eigenvalue weighted by atomic mass is 79.9. The van der Waals surface area contributed by atoms with Crippen molar-refractivity contribution >= 4 is 21.8 Å². The summed E-state index contributed by atoms with van der Waals surface area (Å²) in [5.41, 5.74) is 6.04. The Labute approximate surface area is 109 Å². The molecule has 1 unspecified atom stereocenters. The fraction of sp³-hybridized carbons (Fsp3) is 0.417. The molecule has 0 saturated carbocycles. The standard InChI is InChI=1S/C12H16BrFN2O/c1-8(16-6-2-3-12(15)17)9-4-5-11(14)10(13)7-9/h4-5,7-8,16H,2-3,6H2,1H3,(H2,15,17). The summed E-state index contributed by atoms with van der Waals surface area (Å²) in [5.74, 6) is -0.557. The highest BCUT2D eigenvalue weighted by molar-refractivity contribution is 9.10. The van der Waals surface area contributed by atoms with Crippen molar-refractivity contribution in [2.24, 2.45) is 5.73 Å². The van der Waals surface area contributed by atoms with Crippen LogP contribution < -0.4 is 11.1 Å². The summed E-state index contributed by atoms with van der Waals surface area (Å²) in [7, 11) is 0. The van der Waals surface area contributed by atoms with Gasteiger partial charge >= 0.3 is 0 Å². The summed E-state index contributed by atoms with van der Waals surface area (Å²) in [6.45, 7) is 2.70. The summed E-state index contributed by atoms with van der Waals surface area (Å²) >= 11 is 3.15. The second kappa shape index (κ2) is 6.71. The minimum atomic E-state index is -0.288. The number of nitrogens with two attached hydrogens (primary N) is 1. The summed E-state index contributed by atoms with van der Waals surface area (Å²) in [6.07, 6.45) is 1.09. The SMILES string of the molecule is CC(NCCCC(N)=O)c1ccc(F)c(Br)c1. The van der Waals surface area contributed by atoms with Gasteiger partial charge in [-0.3, -0.25) is 4.79 Å². The smallest absolute Gasteiger partial charge is 0.217 e. The maximum atomic E-state index is 13.0. The lowest BCUT2D eigenvalue weighted by Gasteiger charge is -2.14. The molecule has 0 bridgehead atoms. The van der Waals surface area contributed by atoms with Gasteiger partial charge in [0.15, 0.2) is 0 Å². The lowest BCUT2D eigenvalue weighted by molar-refractivity contribution is -0.118. The van der Waals surface area contributed by atoms with Gasteiger partial charge in [-0.2, -0.15) is 0 Å². The van der Waals surface area contributed by atoms with Gasteiger partial charge in [0.05, 0.1) is 4.47 Å². The van der Waals surface area contributed by atoms with Crippen molar-refractivity contribution in [1.29, 1.82) is 0 Å². The Balaban J connectivity index is 2.44. The van der Waals surface area contributed by atoms with E-state index in [-0.39, 0.29) is 17.8 Å². The van der Waals surface area contributed by atoms with Crippen LogP contribution in [-0.2, 0) is 4.79 Å². The number of rotatable bonds is 6. The molecule has 0 heterocycles. The lowest BCUT2D eigenvalue weighted by Crippen LogP contribution is -2.21. The third kappa shape index (κ3) is 4.83. The number of halogens is 2. The van der Waals surface area contributed by atoms with Gasteiger partial charge in [-0.15, -0.1) is 0 Å². The number of benzene rings is 1. The Hall–Kier alpha value is -0.940. The first-order valence-electron chi connectivity index (χ1n) is 5.47. The van der Waals surface area contributed by atoms with Gasteiger partial charge in [0.2, 0.25) is 5.91 Å². The molecule has 0 aliphatic heterocycles. The van der Waals surface area contributed by atoms with E-state index in [1.165, 1.54) is 6.07 Å². The van der Waals surface area contributed by atoms with Crippen LogP contribution in [0.1, 0.15) is 31.4 Å². The molecule has 5 heteroatoms. The van der Waals surface area contributed by atoms with Crippen LogP contribution in [0.15, 0.2) is 22.7 Å².